The van der Waals surface area contributed by atoms with Gasteiger partial charge in [-0.05, 0) is 12.3 Å². The van der Waals surface area contributed by atoms with Crippen LogP contribution in [0.25, 0.3) is 0 Å². The fourth-order valence-corrected chi connectivity index (χ4v) is 3.10. The van der Waals surface area contributed by atoms with Gasteiger partial charge in [-0.25, -0.2) is 0 Å². The van der Waals surface area contributed by atoms with E-state index < -0.39 is 0 Å². The topological polar surface area (TPSA) is 101 Å². The van der Waals surface area contributed by atoms with E-state index in [0.29, 0.717) is 72.3 Å². The summed E-state index contributed by atoms with van der Waals surface area (Å²) in [7, 11) is 1.63. The quantitative estimate of drug-likeness (QED) is 0.205. The minimum Gasteiger partial charge on any atom is -0.382 e. The highest BCUT2D eigenvalue weighted by Crippen LogP contribution is 2.26. The number of imide groups is 1. The summed E-state index contributed by atoms with van der Waals surface area (Å²) >= 11 is 0. The van der Waals surface area contributed by atoms with E-state index in [1.165, 1.54) is 4.90 Å². The third-order valence-electron chi connectivity index (χ3n) is 4.99. The number of ether oxygens (including phenoxy) is 5. The van der Waals surface area contributed by atoms with Crippen LogP contribution < -0.4 is 0 Å². The van der Waals surface area contributed by atoms with Crippen LogP contribution in [-0.2, 0) is 38.1 Å². The van der Waals surface area contributed by atoms with Gasteiger partial charge in [-0.3, -0.25) is 19.3 Å². The van der Waals surface area contributed by atoms with Crippen LogP contribution in [0.2, 0.25) is 0 Å². The Morgan fingerprint density at radius 2 is 1.39 bits per heavy atom. The monoisotopic (exact) mass is 445 g/mol. The number of methoxy groups -OCH3 is 1. The maximum Gasteiger partial charge on any atom is 0.233 e. The Balaban J connectivity index is 1.90. The van der Waals surface area contributed by atoms with Crippen molar-refractivity contribution >= 4 is 17.6 Å². The maximum absolute atomic E-state index is 12.2. The van der Waals surface area contributed by atoms with Gasteiger partial charge in [0, 0.05) is 45.4 Å². The largest absolute Gasteiger partial charge is 0.382 e. The van der Waals surface area contributed by atoms with E-state index in [4.69, 9.17) is 23.7 Å². The Bertz CT molecular complexity index is 526. The lowest BCUT2D eigenvalue weighted by Gasteiger charge is -2.15. The molecule has 31 heavy (non-hydrogen) atoms. The summed E-state index contributed by atoms with van der Waals surface area (Å²) in [6.07, 6.45) is 1.46. The van der Waals surface area contributed by atoms with Crippen molar-refractivity contribution in [2.75, 3.05) is 73.1 Å². The lowest BCUT2D eigenvalue weighted by Crippen LogP contribution is -2.33. The molecule has 1 unspecified atom stereocenters. The van der Waals surface area contributed by atoms with Crippen molar-refractivity contribution < 1.29 is 38.1 Å². The van der Waals surface area contributed by atoms with E-state index in [-0.39, 0.29) is 48.8 Å². The highest BCUT2D eigenvalue weighted by Gasteiger charge is 2.39. The van der Waals surface area contributed by atoms with Gasteiger partial charge in [0.15, 0.2) is 0 Å². The highest BCUT2D eigenvalue weighted by molar-refractivity contribution is 6.03. The summed E-state index contributed by atoms with van der Waals surface area (Å²) in [6.45, 7) is 8.67. The van der Waals surface area contributed by atoms with Crippen molar-refractivity contribution in [3.05, 3.63) is 0 Å². The van der Waals surface area contributed by atoms with Crippen molar-refractivity contribution in [2.45, 2.75) is 39.5 Å². The SMILES string of the molecule is COCCOCCOCCOCCOCCCC(=O)CCN1C(=O)CC(C(C)C)C1=O. The Morgan fingerprint density at radius 1 is 0.871 bits per heavy atom. The number of amides is 2. The molecule has 1 heterocycles. The fourth-order valence-electron chi connectivity index (χ4n) is 3.10. The first-order chi connectivity index (χ1) is 15.0. The van der Waals surface area contributed by atoms with Gasteiger partial charge in [-0.2, -0.15) is 0 Å². The molecule has 9 nitrogen and oxygen atoms in total. The molecular weight excluding hydrogens is 406 g/mol. The normalized spacial score (nSPS) is 16.6. The summed E-state index contributed by atoms with van der Waals surface area (Å²) in [4.78, 5) is 37.4. The van der Waals surface area contributed by atoms with Crippen molar-refractivity contribution in [1.82, 2.24) is 4.90 Å². The molecule has 2 amide bonds. The number of nitrogens with zero attached hydrogens (tertiary/aromatic N) is 1. The van der Waals surface area contributed by atoms with Crippen LogP contribution >= 0.6 is 0 Å². The first kappa shape index (κ1) is 27.6. The molecule has 0 spiro atoms. The molecule has 0 aromatic rings. The molecule has 0 bridgehead atoms. The lowest BCUT2D eigenvalue weighted by atomic mass is 9.94. The van der Waals surface area contributed by atoms with E-state index >= 15 is 0 Å². The smallest absolute Gasteiger partial charge is 0.233 e. The van der Waals surface area contributed by atoms with Gasteiger partial charge in [0.25, 0.3) is 0 Å². The highest BCUT2D eigenvalue weighted by atomic mass is 16.6. The minimum absolute atomic E-state index is 0.0387. The van der Waals surface area contributed by atoms with Gasteiger partial charge >= 0.3 is 0 Å². The fraction of sp³-hybridized carbons (Fsp3) is 0.864. The Labute approximate surface area is 185 Å². The molecular formula is C22H39NO8. The average molecular weight is 446 g/mol. The molecule has 1 aliphatic rings. The third kappa shape index (κ3) is 12.3. The molecule has 1 rings (SSSR count). The standard InChI is InChI=1S/C22H39NO8/c1-18(2)20-17-21(25)23(22(20)26)7-6-19(24)5-4-8-28-11-12-30-15-16-31-14-13-29-10-9-27-3/h18,20H,4-17H2,1-3H3. The molecule has 0 aromatic carbocycles. The molecule has 1 fully saturated rings. The molecule has 0 N–H and O–H groups in total. The number of hydrogen-bond donors (Lipinski definition) is 0. The molecule has 0 aliphatic carbocycles. The zero-order valence-electron chi connectivity index (χ0n) is 19.3. The summed E-state index contributed by atoms with van der Waals surface area (Å²) in [5.41, 5.74) is 0. The number of hydrogen-bond acceptors (Lipinski definition) is 8. The number of rotatable bonds is 20. The summed E-state index contributed by atoms with van der Waals surface area (Å²) in [5.74, 6) is -0.379. The van der Waals surface area contributed by atoms with Crippen LogP contribution in [0.3, 0.4) is 0 Å². The average Bonchev–Trinajstić information content (AvgIpc) is 3.03. The van der Waals surface area contributed by atoms with Gasteiger partial charge < -0.3 is 23.7 Å². The van der Waals surface area contributed by atoms with Crippen LogP contribution in [0.4, 0.5) is 0 Å². The second kappa shape index (κ2) is 17.2. The van der Waals surface area contributed by atoms with Gasteiger partial charge in [-0.1, -0.05) is 13.8 Å². The second-order valence-electron chi connectivity index (χ2n) is 7.77. The van der Waals surface area contributed by atoms with Gasteiger partial charge in [0.1, 0.15) is 5.78 Å². The van der Waals surface area contributed by atoms with Crippen molar-refractivity contribution in [2.24, 2.45) is 11.8 Å². The molecule has 0 radical (unpaired) electrons. The third-order valence-corrected chi connectivity index (χ3v) is 4.99. The van der Waals surface area contributed by atoms with Gasteiger partial charge in [0.2, 0.25) is 11.8 Å². The van der Waals surface area contributed by atoms with Crippen LogP contribution in [0.5, 0.6) is 0 Å². The predicted octanol–water partition coefficient (Wildman–Crippen LogP) is 1.47. The number of carbonyl (C=O) groups excluding carboxylic acids is 3. The van der Waals surface area contributed by atoms with E-state index in [2.05, 4.69) is 0 Å². The number of carbonyl (C=O) groups is 3. The zero-order chi connectivity index (χ0) is 22.9. The number of likely N-dealkylation sites (tertiary alicyclic amines) is 1. The summed E-state index contributed by atoms with van der Waals surface area (Å²) < 4.78 is 26.4. The molecule has 0 aromatic heterocycles. The Kier molecular flexibility index (Phi) is 15.3. The first-order valence-electron chi connectivity index (χ1n) is 11.1. The van der Waals surface area contributed by atoms with Crippen molar-refractivity contribution in [1.29, 1.82) is 0 Å². The second-order valence-corrected chi connectivity index (χ2v) is 7.77. The maximum atomic E-state index is 12.2. The molecule has 1 aliphatic heterocycles. The number of Topliss-reactive ketones (excluding diaryl/α,β-unsaturated/α-hetero) is 1. The Hall–Kier alpha value is -1.39. The van der Waals surface area contributed by atoms with Crippen LogP contribution in [0.1, 0.15) is 39.5 Å². The van der Waals surface area contributed by atoms with Crippen LogP contribution in [-0.4, -0.2) is 95.6 Å². The van der Waals surface area contributed by atoms with Crippen LogP contribution in [0.15, 0.2) is 0 Å². The zero-order valence-corrected chi connectivity index (χ0v) is 19.3. The molecule has 1 saturated heterocycles. The minimum atomic E-state index is -0.245. The lowest BCUT2D eigenvalue weighted by molar-refractivity contribution is -0.140. The van der Waals surface area contributed by atoms with E-state index in [9.17, 15) is 14.4 Å². The number of ketones is 1. The van der Waals surface area contributed by atoms with Crippen molar-refractivity contribution in [3.63, 3.8) is 0 Å². The predicted molar refractivity (Wildman–Crippen MR) is 114 cm³/mol. The van der Waals surface area contributed by atoms with Crippen LogP contribution in [0, 0.1) is 11.8 Å². The molecule has 0 saturated carbocycles. The van der Waals surface area contributed by atoms with E-state index in [1.54, 1.807) is 7.11 Å². The summed E-state index contributed by atoms with van der Waals surface area (Å²) in [5, 5.41) is 0. The molecule has 1 atom stereocenters. The molecule has 180 valence electrons. The van der Waals surface area contributed by atoms with Crippen molar-refractivity contribution in [3.8, 4) is 0 Å². The van der Waals surface area contributed by atoms with E-state index in [1.807, 2.05) is 13.8 Å². The van der Waals surface area contributed by atoms with E-state index in [0.717, 1.165) is 0 Å². The Morgan fingerprint density at radius 3 is 1.87 bits per heavy atom. The first-order valence-corrected chi connectivity index (χ1v) is 11.1. The van der Waals surface area contributed by atoms with Gasteiger partial charge in [0.05, 0.1) is 52.9 Å². The van der Waals surface area contributed by atoms with Gasteiger partial charge in [-0.15, -0.1) is 0 Å². The summed E-state index contributed by atoms with van der Waals surface area (Å²) in [6, 6.07) is 0. The molecule has 9 heteroatoms.